The van der Waals surface area contributed by atoms with Crippen molar-refractivity contribution >= 4 is 21.5 Å². The van der Waals surface area contributed by atoms with Gasteiger partial charge in [-0.3, -0.25) is 4.72 Å². The smallest absolute Gasteiger partial charge is 0.263 e. The van der Waals surface area contributed by atoms with Gasteiger partial charge < -0.3 is 9.80 Å². The van der Waals surface area contributed by atoms with E-state index in [9.17, 15) is 8.42 Å². The minimum atomic E-state index is -3.62. The maximum absolute atomic E-state index is 12.4. The van der Waals surface area contributed by atoms with Gasteiger partial charge in [-0.1, -0.05) is 19.1 Å². The van der Waals surface area contributed by atoms with Crippen LogP contribution in [0.2, 0.25) is 0 Å². The highest BCUT2D eigenvalue weighted by atomic mass is 32.2. The lowest BCUT2D eigenvalue weighted by atomic mass is 10.2. The number of nitrogens with zero attached hydrogens (tertiary/aromatic N) is 3. The van der Waals surface area contributed by atoms with Crippen LogP contribution >= 0.6 is 0 Å². The normalized spacial score (nSPS) is 16.0. The topological polar surface area (TPSA) is 65.5 Å². The van der Waals surface area contributed by atoms with E-state index in [4.69, 9.17) is 0 Å². The van der Waals surface area contributed by atoms with Crippen molar-refractivity contribution in [2.24, 2.45) is 0 Å². The van der Waals surface area contributed by atoms with E-state index in [1.807, 2.05) is 19.1 Å². The second-order valence-corrected chi connectivity index (χ2v) is 7.93. The zero-order valence-electron chi connectivity index (χ0n) is 14.6. The van der Waals surface area contributed by atoms with E-state index >= 15 is 0 Å². The van der Waals surface area contributed by atoms with E-state index in [1.165, 1.54) is 0 Å². The lowest BCUT2D eigenvalue weighted by Crippen LogP contribution is -2.46. The first-order valence-electron chi connectivity index (χ1n) is 8.51. The first kappa shape index (κ1) is 17.7. The third-order valence-corrected chi connectivity index (χ3v) is 5.82. The van der Waals surface area contributed by atoms with Crippen molar-refractivity contribution in [2.75, 3.05) is 42.3 Å². The molecule has 0 unspecified atom stereocenters. The van der Waals surface area contributed by atoms with Gasteiger partial charge in [0.25, 0.3) is 10.0 Å². The third-order valence-electron chi connectivity index (χ3n) is 4.47. The van der Waals surface area contributed by atoms with Crippen LogP contribution in [0.25, 0.3) is 0 Å². The molecule has 1 saturated heterocycles. The molecule has 134 valence electrons. The standard InChI is InChI=1S/C18H24N4O2S/c1-3-21-9-11-22(12-10-21)16-7-8-18(19-14-16)20-25(23,24)17-6-4-5-15(2)13-17/h4-8,13-14H,3,9-12H2,1-2H3,(H,19,20). The van der Waals surface area contributed by atoms with Crippen LogP contribution in [0.3, 0.4) is 0 Å². The molecular formula is C18H24N4O2S. The number of sulfonamides is 1. The Kier molecular flexibility index (Phi) is 5.24. The predicted octanol–water partition coefficient (Wildman–Crippen LogP) is 2.33. The predicted molar refractivity (Wildman–Crippen MR) is 101 cm³/mol. The van der Waals surface area contributed by atoms with Crippen LogP contribution in [0.5, 0.6) is 0 Å². The lowest BCUT2D eigenvalue weighted by Gasteiger charge is -2.35. The van der Waals surface area contributed by atoms with Gasteiger partial charge >= 0.3 is 0 Å². The molecule has 1 aromatic heterocycles. The summed E-state index contributed by atoms with van der Waals surface area (Å²) in [5, 5.41) is 0. The van der Waals surface area contributed by atoms with Crippen LogP contribution in [0.15, 0.2) is 47.5 Å². The van der Waals surface area contributed by atoms with Crippen molar-refractivity contribution in [3.63, 3.8) is 0 Å². The Labute approximate surface area is 149 Å². The average Bonchev–Trinajstić information content (AvgIpc) is 2.62. The van der Waals surface area contributed by atoms with Crippen molar-refractivity contribution < 1.29 is 8.42 Å². The van der Waals surface area contributed by atoms with Crippen LogP contribution in [0.1, 0.15) is 12.5 Å². The van der Waals surface area contributed by atoms with Gasteiger partial charge in [-0.05, 0) is 43.3 Å². The minimum Gasteiger partial charge on any atom is -0.368 e. The third kappa shape index (κ3) is 4.29. The molecule has 0 amide bonds. The Bertz CT molecular complexity index is 813. The zero-order valence-corrected chi connectivity index (χ0v) is 15.5. The maximum atomic E-state index is 12.4. The second-order valence-electron chi connectivity index (χ2n) is 6.24. The minimum absolute atomic E-state index is 0.245. The summed E-state index contributed by atoms with van der Waals surface area (Å²) < 4.78 is 27.4. The number of likely N-dealkylation sites (N-methyl/N-ethyl adjacent to an activating group) is 1. The molecule has 0 bridgehead atoms. The summed E-state index contributed by atoms with van der Waals surface area (Å²) >= 11 is 0. The molecular weight excluding hydrogens is 336 g/mol. The molecule has 1 aliphatic rings. The molecule has 0 aliphatic carbocycles. The molecule has 1 fully saturated rings. The molecule has 0 radical (unpaired) electrons. The molecule has 0 spiro atoms. The number of benzene rings is 1. The highest BCUT2D eigenvalue weighted by Gasteiger charge is 2.17. The van der Waals surface area contributed by atoms with Gasteiger partial charge in [0.15, 0.2) is 0 Å². The molecule has 0 saturated carbocycles. The summed E-state index contributed by atoms with van der Waals surface area (Å²) in [5.74, 6) is 0.331. The van der Waals surface area contributed by atoms with Gasteiger partial charge in [-0.25, -0.2) is 13.4 Å². The molecule has 1 aliphatic heterocycles. The van der Waals surface area contributed by atoms with E-state index in [1.54, 1.807) is 30.5 Å². The molecule has 2 heterocycles. The van der Waals surface area contributed by atoms with Crippen LogP contribution in [0, 0.1) is 6.92 Å². The second kappa shape index (κ2) is 7.41. The van der Waals surface area contributed by atoms with E-state index in [0.717, 1.165) is 44.0 Å². The van der Waals surface area contributed by atoms with E-state index in [0.29, 0.717) is 5.82 Å². The van der Waals surface area contributed by atoms with Gasteiger partial charge in [-0.2, -0.15) is 0 Å². The lowest BCUT2D eigenvalue weighted by molar-refractivity contribution is 0.271. The number of hydrogen-bond donors (Lipinski definition) is 1. The number of hydrogen-bond acceptors (Lipinski definition) is 5. The summed E-state index contributed by atoms with van der Waals surface area (Å²) in [5.41, 5.74) is 1.92. The fraction of sp³-hybridized carbons (Fsp3) is 0.389. The van der Waals surface area contributed by atoms with Crippen LogP contribution in [0.4, 0.5) is 11.5 Å². The first-order valence-corrected chi connectivity index (χ1v) is 9.99. The number of pyridine rings is 1. The number of rotatable bonds is 5. The fourth-order valence-corrected chi connectivity index (χ4v) is 4.05. The Morgan fingerprint density at radius 1 is 1.12 bits per heavy atom. The van der Waals surface area contributed by atoms with Crippen LogP contribution in [-0.4, -0.2) is 51.0 Å². The quantitative estimate of drug-likeness (QED) is 0.886. The van der Waals surface area contributed by atoms with Crippen LogP contribution < -0.4 is 9.62 Å². The fourth-order valence-electron chi connectivity index (χ4n) is 2.93. The first-order chi connectivity index (χ1) is 12.0. The van der Waals surface area contributed by atoms with Crippen molar-refractivity contribution in [2.45, 2.75) is 18.7 Å². The molecule has 25 heavy (non-hydrogen) atoms. The molecule has 7 heteroatoms. The zero-order chi connectivity index (χ0) is 17.9. The molecule has 1 N–H and O–H groups in total. The van der Waals surface area contributed by atoms with E-state index in [-0.39, 0.29) is 4.90 Å². The highest BCUT2D eigenvalue weighted by Crippen LogP contribution is 2.19. The summed E-state index contributed by atoms with van der Waals surface area (Å²) in [6.07, 6.45) is 1.73. The SMILES string of the molecule is CCN1CCN(c2ccc(NS(=O)(=O)c3cccc(C)c3)nc2)CC1. The Balaban J connectivity index is 1.68. The summed E-state index contributed by atoms with van der Waals surface area (Å²) in [7, 11) is -3.62. The van der Waals surface area contributed by atoms with Crippen LogP contribution in [-0.2, 0) is 10.0 Å². The van der Waals surface area contributed by atoms with Gasteiger partial charge in [0, 0.05) is 26.2 Å². The van der Waals surface area contributed by atoms with Crippen molar-refractivity contribution in [1.82, 2.24) is 9.88 Å². The van der Waals surface area contributed by atoms with Crippen molar-refractivity contribution in [1.29, 1.82) is 0 Å². The Morgan fingerprint density at radius 3 is 2.48 bits per heavy atom. The highest BCUT2D eigenvalue weighted by molar-refractivity contribution is 7.92. The Morgan fingerprint density at radius 2 is 1.88 bits per heavy atom. The van der Waals surface area contributed by atoms with Gasteiger partial charge in [0.05, 0.1) is 16.8 Å². The summed E-state index contributed by atoms with van der Waals surface area (Å²) in [6.45, 7) is 9.12. The van der Waals surface area contributed by atoms with E-state index in [2.05, 4.69) is 26.4 Å². The van der Waals surface area contributed by atoms with Gasteiger partial charge in [-0.15, -0.1) is 0 Å². The number of aromatic nitrogens is 1. The number of anilines is 2. The largest absolute Gasteiger partial charge is 0.368 e. The monoisotopic (exact) mass is 360 g/mol. The molecule has 6 nitrogen and oxygen atoms in total. The van der Waals surface area contributed by atoms with Crippen molar-refractivity contribution in [3.05, 3.63) is 48.2 Å². The van der Waals surface area contributed by atoms with Crippen molar-refractivity contribution in [3.8, 4) is 0 Å². The summed E-state index contributed by atoms with van der Waals surface area (Å²) in [4.78, 5) is 9.21. The maximum Gasteiger partial charge on any atom is 0.263 e. The average molecular weight is 360 g/mol. The van der Waals surface area contributed by atoms with Gasteiger partial charge in [0.1, 0.15) is 5.82 Å². The molecule has 1 aromatic carbocycles. The number of aryl methyl sites for hydroxylation is 1. The number of piperazine rings is 1. The molecule has 2 aromatic rings. The summed E-state index contributed by atoms with van der Waals surface area (Å²) in [6, 6.07) is 10.5. The number of nitrogens with one attached hydrogen (secondary N) is 1. The van der Waals surface area contributed by atoms with Gasteiger partial charge in [0.2, 0.25) is 0 Å². The Hall–Kier alpha value is -2.12. The molecule has 3 rings (SSSR count). The van der Waals surface area contributed by atoms with E-state index < -0.39 is 10.0 Å². The molecule has 0 atom stereocenters.